The van der Waals surface area contributed by atoms with Crippen molar-refractivity contribution in [2.75, 3.05) is 43.0 Å². The van der Waals surface area contributed by atoms with Crippen molar-refractivity contribution in [1.29, 1.82) is 0 Å². The van der Waals surface area contributed by atoms with Gasteiger partial charge >= 0.3 is 0 Å². The molecular formula is C12H21N5. The Kier molecular flexibility index (Phi) is 3.78. The molecule has 0 spiro atoms. The molecule has 1 saturated heterocycles. The van der Waals surface area contributed by atoms with Gasteiger partial charge in [0.15, 0.2) is 0 Å². The van der Waals surface area contributed by atoms with Crippen molar-refractivity contribution >= 4 is 11.6 Å². The average Bonchev–Trinajstić information content (AvgIpc) is 2.39. The summed E-state index contributed by atoms with van der Waals surface area (Å²) < 4.78 is 0. The fraction of sp³-hybridized carbons (Fsp3) is 0.667. The number of nitrogens with one attached hydrogen (secondary N) is 1. The first kappa shape index (κ1) is 12.1. The number of hydrogen-bond donors (Lipinski definition) is 1. The summed E-state index contributed by atoms with van der Waals surface area (Å²) in [7, 11) is 2.06. The van der Waals surface area contributed by atoms with E-state index in [0.29, 0.717) is 6.04 Å². The quantitative estimate of drug-likeness (QED) is 0.837. The molecule has 94 valence electrons. The number of rotatable bonds is 3. The second kappa shape index (κ2) is 5.31. The van der Waals surface area contributed by atoms with E-state index in [-0.39, 0.29) is 0 Å². The Bertz CT molecular complexity index is 360. The van der Waals surface area contributed by atoms with Crippen LogP contribution in [0.2, 0.25) is 0 Å². The maximum absolute atomic E-state index is 4.37. The van der Waals surface area contributed by atoms with E-state index in [0.717, 1.165) is 37.8 Å². The van der Waals surface area contributed by atoms with Crippen molar-refractivity contribution in [3.8, 4) is 0 Å². The van der Waals surface area contributed by atoms with Gasteiger partial charge in [-0.15, -0.1) is 0 Å². The van der Waals surface area contributed by atoms with Crippen LogP contribution in [0.25, 0.3) is 0 Å². The predicted octanol–water partition coefficient (Wildman–Crippen LogP) is 0.731. The van der Waals surface area contributed by atoms with Gasteiger partial charge < -0.3 is 15.1 Å². The maximum atomic E-state index is 4.37. The second-order valence-corrected chi connectivity index (χ2v) is 4.68. The van der Waals surface area contributed by atoms with Crippen LogP contribution in [0.5, 0.6) is 0 Å². The third kappa shape index (κ3) is 2.85. The van der Waals surface area contributed by atoms with Gasteiger partial charge in [-0.2, -0.15) is 0 Å². The van der Waals surface area contributed by atoms with E-state index in [1.807, 2.05) is 0 Å². The first-order chi connectivity index (χ1) is 8.18. The van der Waals surface area contributed by atoms with Gasteiger partial charge in [-0.1, -0.05) is 0 Å². The molecule has 0 amide bonds. The first-order valence-corrected chi connectivity index (χ1v) is 6.19. The summed E-state index contributed by atoms with van der Waals surface area (Å²) in [6.07, 6.45) is 1.66. The third-order valence-electron chi connectivity index (χ3n) is 3.22. The third-order valence-corrected chi connectivity index (χ3v) is 3.22. The summed E-state index contributed by atoms with van der Waals surface area (Å²) in [5.74, 6) is 2.02. The molecule has 0 unspecified atom stereocenters. The summed E-state index contributed by atoms with van der Waals surface area (Å²) >= 11 is 0. The Hall–Kier alpha value is -1.36. The molecule has 17 heavy (non-hydrogen) atoms. The minimum Gasteiger partial charge on any atom is -0.357 e. The van der Waals surface area contributed by atoms with Crippen LogP contribution >= 0.6 is 0 Å². The highest BCUT2D eigenvalue weighted by Crippen LogP contribution is 2.18. The summed E-state index contributed by atoms with van der Waals surface area (Å²) in [5.41, 5.74) is 0. The Morgan fingerprint density at radius 3 is 2.65 bits per heavy atom. The normalized spacial score (nSPS) is 16.4. The van der Waals surface area contributed by atoms with Gasteiger partial charge in [0.05, 0.1) is 0 Å². The molecule has 1 aliphatic heterocycles. The highest BCUT2D eigenvalue weighted by molar-refractivity contribution is 5.50. The number of nitrogens with zero attached hydrogens (tertiary/aromatic N) is 4. The molecule has 1 N–H and O–H groups in total. The van der Waals surface area contributed by atoms with Crippen molar-refractivity contribution in [1.82, 2.24) is 15.3 Å². The van der Waals surface area contributed by atoms with Crippen LogP contribution < -0.4 is 15.1 Å². The van der Waals surface area contributed by atoms with Crippen LogP contribution in [0, 0.1) is 0 Å². The molecular weight excluding hydrogens is 214 g/mol. The van der Waals surface area contributed by atoms with E-state index in [9.17, 15) is 0 Å². The summed E-state index contributed by atoms with van der Waals surface area (Å²) in [4.78, 5) is 13.2. The zero-order valence-corrected chi connectivity index (χ0v) is 10.8. The first-order valence-electron chi connectivity index (χ1n) is 6.19. The van der Waals surface area contributed by atoms with E-state index in [4.69, 9.17) is 0 Å². The minimum atomic E-state index is 0.445. The Balaban J connectivity index is 2.15. The lowest BCUT2D eigenvalue weighted by molar-refractivity contribution is 0.584. The van der Waals surface area contributed by atoms with Gasteiger partial charge in [0.25, 0.3) is 0 Å². The van der Waals surface area contributed by atoms with Crippen molar-refractivity contribution in [3.05, 3.63) is 12.4 Å². The molecule has 1 aromatic heterocycles. The monoisotopic (exact) mass is 235 g/mol. The molecule has 1 fully saturated rings. The van der Waals surface area contributed by atoms with E-state index >= 15 is 0 Å². The molecule has 1 aromatic rings. The van der Waals surface area contributed by atoms with Crippen molar-refractivity contribution in [2.45, 2.75) is 19.9 Å². The van der Waals surface area contributed by atoms with Crippen molar-refractivity contribution < 1.29 is 0 Å². The van der Waals surface area contributed by atoms with Gasteiger partial charge in [0, 0.05) is 45.3 Å². The summed E-state index contributed by atoms with van der Waals surface area (Å²) in [6.45, 7) is 8.40. The van der Waals surface area contributed by atoms with E-state index in [1.165, 1.54) is 0 Å². The summed E-state index contributed by atoms with van der Waals surface area (Å²) in [6, 6.07) is 2.52. The molecule has 0 bridgehead atoms. The Morgan fingerprint density at radius 1 is 1.29 bits per heavy atom. The van der Waals surface area contributed by atoms with Crippen LogP contribution in [-0.2, 0) is 0 Å². The number of aromatic nitrogens is 2. The van der Waals surface area contributed by atoms with Crippen LogP contribution in [-0.4, -0.2) is 49.2 Å². The fourth-order valence-electron chi connectivity index (χ4n) is 1.86. The van der Waals surface area contributed by atoms with Gasteiger partial charge in [0.2, 0.25) is 0 Å². The van der Waals surface area contributed by atoms with E-state index < -0.39 is 0 Å². The molecule has 0 aromatic carbocycles. The lowest BCUT2D eigenvalue weighted by atomic mass is 10.3. The van der Waals surface area contributed by atoms with Crippen LogP contribution in [0.15, 0.2) is 12.4 Å². The van der Waals surface area contributed by atoms with Gasteiger partial charge in [-0.25, -0.2) is 9.97 Å². The van der Waals surface area contributed by atoms with Crippen LogP contribution in [0.3, 0.4) is 0 Å². The highest BCUT2D eigenvalue weighted by atomic mass is 15.3. The van der Waals surface area contributed by atoms with Gasteiger partial charge in [0.1, 0.15) is 18.0 Å². The van der Waals surface area contributed by atoms with Crippen molar-refractivity contribution in [3.63, 3.8) is 0 Å². The average molecular weight is 235 g/mol. The van der Waals surface area contributed by atoms with Gasteiger partial charge in [-0.05, 0) is 13.8 Å². The summed E-state index contributed by atoms with van der Waals surface area (Å²) in [5, 5.41) is 3.34. The van der Waals surface area contributed by atoms with Gasteiger partial charge in [-0.3, -0.25) is 0 Å². The van der Waals surface area contributed by atoms with Crippen LogP contribution in [0.4, 0.5) is 11.6 Å². The zero-order valence-electron chi connectivity index (χ0n) is 10.8. The molecule has 2 rings (SSSR count). The molecule has 0 saturated carbocycles. The SMILES string of the molecule is CC(C)N(C)c1cc(N2CCNCC2)ncn1. The molecule has 0 aliphatic carbocycles. The lowest BCUT2D eigenvalue weighted by Crippen LogP contribution is -2.44. The van der Waals surface area contributed by atoms with E-state index in [1.54, 1.807) is 6.33 Å². The topological polar surface area (TPSA) is 44.3 Å². The number of anilines is 2. The fourth-order valence-corrected chi connectivity index (χ4v) is 1.86. The number of hydrogen-bond acceptors (Lipinski definition) is 5. The largest absolute Gasteiger partial charge is 0.357 e. The second-order valence-electron chi connectivity index (χ2n) is 4.68. The Labute approximate surface area is 103 Å². The molecule has 0 radical (unpaired) electrons. The predicted molar refractivity (Wildman–Crippen MR) is 70.7 cm³/mol. The zero-order chi connectivity index (χ0) is 12.3. The molecule has 0 atom stereocenters. The molecule has 2 heterocycles. The minimum absolute atomic E-state index is 0.445. The standard InChI is InChI=1S/C12H21N5/c1-10(2)16(3)11-8-12(15-9-14-11)17-6-4-13-5-7-17/h8-10,13H,4-7H2,1-3H3. The molecule has 1 aliphatic rings. The van der Waals surface area contributed by atoms with Crippen LogP contribution in [0.1, 0.15) is 13.8 Å². The maximum Gasteiger partial charge on any atom is 0.134 e. The van der Waals surface area contributed by atoms with Crippen molar-refractivity contribution in [2.24, 2.45) is 0 Å². The van der Waals surface area contributed by atoms with E-state index in [2.05, 4.69) is 52.0 Å². The smallest absolute Gasteiger partial charge is 0.134 e. The lowest BCUT2D eigenvalue weighted by Gasteiger charge is -2.29. The molecule has 5 nitrogen and oxygen atoms in total. The molecule has 5 heteroatoms. The highest BCUT2D eigenvalue weighted by Gasteiger charge is 2.14. The Morgan fingerprint density at radius 2 is 2.00 bits per heavy atom. The number of piperazine rings is 1.